The zero-order valence-corrected chi connectivity index (χ0v) is 4.36. The summed E-state index contributed by atoms with van der Waals surface area (Å²) >= 11 is 0. The molecule has 4 N–H and O–H groups in total. The lowest BCUT2D eigenvalue weighted by molar-refractivity contribution is -0.112. The molecule has 0 saturated heterocycles. The van der Waals surface area contributed by atoms with Crippen LogP contribution >= 0.6 is 0 Å². The van der Waals surface area contributed by atoms with Crippen LogP contribution in [-0.2, 0) is 0 Å². The van der Waals surface area contributed by atoms with Crippen molar-refractivity contribution in [2.75, 3.05) is 0 Å². The lowest BCUT2D eigenvalue weighted by Crippen LogP contribution is -2.44. The molecule has 0 atom stereocenters. The van der Waals surface area contributed by atoms with Crippen LogP contribution < -0.4 is 11.1 Å². The standard InChI is InChI=1S/C5H8N2/c1-2-3-4-5(6)7/h2H2,1H3,(H3,6,7)/p+1. The van der Waals surface area contributed by atoms with Gasteiger partial charge in [-0.15, -0.1) is 0 Å². The quantitative estimate of drug-likeness (QED) is 0.216. The Balaban J connectivity index is 3.45. The molecule has 0 aliphatic heterocycles. The molecule has 0 unspecified atom stereocenters. The van der Waals surface area contributed by atoms with Gasteiger partial charge in [0.2, 0.25) is 0 Å². The average molecular weight is 97.1 g/mol. The number of rotatable bonds is 0. The lowest BCUT2D eigenvalue weighted by Gasteiger charge is -1.66. The van der Waals surface area contributed by atoms with Crippen LogP contribution in [0.4, 0.5) is 0 Å². The number of hydrogen-bond acceptors (Lipinski definition) is 0. The summed E-state index contributed by atoms with van der Waals surface area (Å²) < 4.78 is 0. The van der Waals surface area contributed by atoms with E-state index in [1.807, 2.05) is 6.92 Å². The summed E-state index contributed by atoms with van der Waals surface area (Å²) in [4.78, 5) is 0. The molecule has 0 spiro atoms. The lowest BCUT2D eigenvalue weighted by atomic mass is 10.4. The molecule has 0 bridgehead atoms. The predicted octanol–water partition coefficient (Wildman–Crippen LogP) is -1.48. The van der Waals surface area contributed by atoms with Crippen molar-refractivity contribution in [3.8, 4) is 11.8 Å². The third-order valence-corrected chi connectivity index (χ3v) is 0.410. The Kier molecular flexibility index (Phi) is 2.78. The van der Waals surface area contributed by atoms with E-state index in [1.165, 1.54) is 0 Å². The van der Waals surface area contributed by atoms with E-state index in [1.54, 1.807) is 0 Å². The fraction of sp³-hybridized carbons (Fsp3) is 0.400. The second-order valence-corrected chi connectivity index (χ2v) is 1.11. The highest BCUT2D eigenvalue weighted by Crippen LogP contribution is 1.62. The fourth-order valence-electron chi connectivity index (χ4n) is 0.190. The Labute approximate surface area is 43.2 Å². The van der Waals surface area contributed by atoms with Gasteiger partial charge in [0.25, 0.3) is 0 Å². The molecule has 0 aromatic heterocycles. The Morgan fingerprint density at radius 3 is 2.57 bits per heavy atom. The van der Waals surface area contributed by atoms with Crippen molar-refractivity contribution >= 4 is 5.84 Å². The molecule has 0 aromatic rings. The smallest absolute Gasteiger partial charge is 0.280 e. The summed E-state index contributed by atoms with van der Waals surface area (Å²) in [6.45, 7) is 1.94. The van der Waals surface area contributed by atoms with Gasteiger partial charge in [-0.2, -0.15) is 0 Å². The molecule has 0 aliphatic carbocycles. The normalized spacial score (nSPS) is 6.43. The van der Waals surface area contributed by atoms with Gasteiger partial charge in [-0.1, -0.05) is 12.8 Å². The summed E-state index contributed by atoms with van der Waals surface area (Å²) in [6, 6.07) is 0. The van der Waals surface area contributed by atoms with Gasteiger partial charge in [0, 0.05) is 12.3 Å². The number of amidine groups is 1. The van der Waals surface area contributed by atoms with Crippen molar-refractivity contribution in [1.82, 2.24) is 0 Å². The van der Waals surface area contributed by atoms with Gasteiger partial charge >= 0.3 is 5.84 Å². The molecule has 0 aliphatic rings. The van der Waals surface area contributed by atoms with E-state index in [4.69, 9.17) is 11.1 Å². The summed E-state index contributed by atoms with van der Waals surface area (Å²) in [6.07, 6.45) is 0.803. The summed E-state index contributed by atoms with van der Waals surface area (Å²) in [5.41, 5.74) is 5.00. The third-order valence-electron chi connectivity index (χ3n) is 0.410. The van der Waals surface area contributed by atoms with E-state index in [9.17, 15) is 0 Å². The van der Waals surface area contributed by atoms with Crippen LogP contribution in [-0.4, -0.2) is 5.84 Å². The minimum absolute atomic E-state index is 0.196. The van der Waals surface area contributed by atoms with Crippen molar-refractivity contribution in [3.63, 3.8) is 0 Å². The van der Waals surface area contributed by atoms with Crippen LogP contribution in [0.1, 0.15) is 13.3 Å². The monoisotopic (exact) mass is 97.1 g/mol. The molecule has 38 valence electrons. The van der Waals surface area contributed by atoms with Gasteiger partial charge in [-0.25, -0.2) is 0 Å². The van der Waals surface area contributed by atoms with Crippen LogP contribution in [0.5, 0.6) is 0 Å². The highest BCUT2D eigenvalue weighted by molar-refractivity contribution is 5.91. The third kappa shape index (κ3) is 5.03. The van der Waals surface area contributed by atoms with Gasteiger partial charge in [0.05, 0.1) is 0 Å². The van der Waals surface area contributed by atoms with Crippen LogP contribution in [0.3, 0.4) is 0 Å². The zero-order chi connectivity index (χ0) is 5.70. The Morgan fingerprint density at radius 1 is 1.86 bits per heavy atom. The molecule has 2 heteroatoms. The van der Waals surface area contributed by atoms with E-state index in [2.05, 4.69) is 11.8 Å². The second-order valence-electron chi connectivity index (χ2n) is 1.11. The van der Waals surface area contributed by atoms with E-state index in [0.717, 1.165) is 6.42 Å². The molecule has 7 heavy (non-hydrogen) atoms. The van der Waals surface area contributed by atoms with E-state index < -0.39 is 0 Å². The van der Waals surface area contributed by atoms with Gasteiger partial charge in [-0.3, -0.25) is 11.1 Å². The Morgan fingerprint density at radius 2 is 2.43 bits per heavy atom. The van der Waals surface area contributed by atoms with Gasteiger partial charge in [0.1, 0.15) is 0 Å². The first-order valence-electron chi connectivity index (χ1n) is 2.14. The first-order valence-corrected chi connectivity index (χ1v) is 2.14. The van der Waals surface area contributed by atoms with Crippen LogP contribution in [0, 0.1) is 11.8 Å². The first kappa shape index (κ1) is 6.03. The molecular weight excluding hydrogens is 88.1 g/mol. The molecule has 0 heterocycles. The topological polar surface area (TPSA) is 51.6 Å². The molecule has 0 rings (SSSR count). The zero-order valence-electron chi connectivity index (χ0n) is 4.36. The van der Waals surface area contributed by atoms with Crippen molar-refractivity contribution < 1.29 is 5.41 Å². The maximum Gasteiger partial charge on any atom is 0.316 e. The highest BCUT2D eigenvalue weighted by Gasteiger charge is 1.76. The van der Waals surface area contributed by atoms with Gasteiger partial charge in [-0.05, 0) is 0 Å². The maximum atomic E-state index is 5.00. The minimum Gasteiger partial charge on any atom is -0.280 e. The molecule has 0 amide bonds. The molecule has 0 radical (unpaired) electrons. The predicted molar refractivity (Wildman–Crippen MR) is 29.2 cm³/mol. The summed E-state index contributed by atoms with van der Waals surface area (Å²) in [5, 5.41) is 5.00. The molecule has 2 nitrogen and oxygen atoms in total. The highest BCUT2D eigenvalue weighted by atomic mass is 14.7. The van der Waals surface area contributed by atoms with Gasteiger partial charge in [0.15, 0.2) is 0 Å². The maximum absolute atomic E-state index is 5.00. The second kappa shape index (κ2) is 3.23. The number of nitrogens with two attached hydrogens (primary N) is 2. The first-order chi connectivity index (χ1) is 3.27. The number of hydrogen-bond donors (Lipinski definition) is 2. The van der Waals surface area contributed by atoms with Gasteiger partial charge < -0.3 is 0 Å². The van der Waals surface area contributed by atoms with Crippen molar-refractivity contribution in [1.29, 1.82) is 0 Å². The van der Waals surface area contributed by atoms with Crippen LogP contribution in [0.2, 0.25) is 0 Å². The average Bonchev–Trinajstić information content (AvgIpc) is 1.61. The largest absolute Gasteiger partial charge is 0.316 e. The molecule has 0 aromatic carbocycles. The summed E-state index contributed by atoms with van der Waals surface area (Å²) in [7, 11) is 0. The minimum atomic E-state index is 0.196. The molecular formula is C5H9N2+. The van der Waals surface area contributed by atoms with E-state index in [-0.39, 0.29) is 5.84 Å². The van der Waals surface area contributed by atoms with E-state index >= 15 is 0 Å². The molecule has 0 fully saturated rings. The summed E-state index contributed by atoms with van der Waals surface area (Å²) in [5.74, 6) is 5.42. The van der Waals surface area contributed by atoms with Crippen molar-refractivity contribution in [2.24, 2.45) is 5.73 Å². The molecule has 0 saturated carbocycles. The van der Waals surface area contributed by atoms with Crippen LogP contribution in [0.15, 0.2) is 0 Å². The SMILES string of the molecule is CCC#CC(N)=[NH2+]. The Bertz CT molecular complexity index is 116. The van der Waals surface area contributed by atoms with Crippen molar-refractivity contribution in [2.45, 2.75) is 13.3 Å². The Hall–Kier alpha value is -0.970. The van der Waals surface area contributed by atoms with E-state index in [0.29, 0.717) is 0 Å². The van der Waals surface area contributed by atoms with Crippen molar-refractivity contribution in [3.05, 3.63) is 0 Å². The van der Waals surface area contributed by atoms with Crippen LogP contribution in [0.25, 0.3) is 0 Å². The fourth-order valence-corrected chi connectivity index (χ4v) is 0.190.